The molecule has 0 spiro atoms. The Balaban J connectivity index is 3.19. The molecule has 2 N–H and O–H groups in total. The first-order valence-electron chi connectivity index (χ1n) is 12.1. The summed E-state index contributed by atoms with van der Waals surface area (Å²) < 4.78 is 0. The minimum Gasteiger partial charge on any atom is -0.338 e. The van der Waals surface area contributed by atoms with Gasteiger partial charge < -0.3 is 15.5 Å². The number of rotatable bonds is 21. The molecule has 0 aromatic heterocycles. The lowest BCUT2D eigenvalue weighted by Gasteiger charge is -2.17. The maximum Gasteiger partial charge on any atom is 0.314 e. The fourth-order valence-corrected chi connectivity index (χ4v) is 4.24. The van der Waals surface area contributed by atoms with Crippen LogP contribution in [0.5, 0.6) is 0 Å². The first-order valence-corrected chi connectivity index (χ1v) is 13.2. The van der Waals surface area contributed by atoms with Gasteiger partial charge in [0.05, 0.1) is 0 Å². The highest BCUT2D eigenvalue weighted by atomic mass is 32.2. The van der Waals surface area contributed by atoms with Crippen LogP contribution in [0.15, 0.2) is 0 Å². The van der Waals surface area contributed by atoms with Crippen LogP contribution in [0.25, 0.3) is 0 Å². The third kappa shape index (κ3) is 20.3. The van der Waals surface area contributed by atoms with Crippen molar-refractivity contribution in [2.24, 2.45) is 0 Å². The number of nitrogens with one attached hydrogen (secondary N) is 2. The molecule has 0 aliphatic heterocycles. The minimum absolute atomic E-state index is 0.0146. The second-order valence-electron chi connectivity index (χ2n) is 7.71. The molecule has 0 fully saturated rings. The second-order valence-corrected chi connectivity index (χ2v) is 8.94. The van der Waals surface area contributed by atoms with Crippen LogP contribution >= 0.6 is 11.8 Å². The first-order chi connectivity index (χ1) is 13.7. The van der Waals surface area contributed by atoms with Crippen molar-refractivity contribution in [2.75, 3.05) is 44.2 Å². The van der Waals surface area contributed by atoms with Crippen molar-refractivity contribution in [1.29, 1.82) is 0 Å². The van der Waals surface area contributed by atoms with Crippen molar-refractivity contribution in [3.63, 3.8) is 0 Å². The quantitative estimate of drug-likeness (QED) is 0.224. The molecule has 0 rings (SSSR count). The zero-order valence-electron chi connectivity index (χ0n) is 19.2. The summed E-state index contributed by atoms with van der Waals surface area (Å²) in [5, 5.41) is 5.92. The molecule has 0 saturated heterocycles. The molecule has 168 valence electrons. The summed E-state index contributed by atoms with van der Waals surface area (Å²) in [6, 6.07) is -0.0146. The van der Waals surface area contributed by atoms with Crippen molar-refractivity contribution in [1.82, 2.24) is 15.5 Å². The Morgan fingerprint density at radius 3 is 1.75 bits per heavy atom. The number of hydrogen-bond donors (Lipinski definition) is 2. The predicted molar refractivity (Wildman–Crippen MR) is 128 cm³/mol. The molecule has 0 unspecified atom stereocenters. The van der Waals surface area contributed by atoms with Crippen LogP contribution in [0.2, 0.25) is 0 Å². The molecule has 28 heavy (non-hydrogen) atoms. The number of urea groups is 1. The Kier molecular flexibility index (Phi) is 22.5. The highest BCUT2D eigenvalue weighted by molar-refractivity contribution is 7.99. The lowest BCUT2D eigenvalue weighted by Crippen LogP contribution is -2.37. The van der Waals surface area contributed by atoms with Gasteiger partial charge in [-0.15, -0.1) is 0 Å². The number of hydrogen-bond acceptors (Lipinski definition) is 3. The Hall–Kier alpha value is -0.420. The topological polar surface area (TPSA) is 44.4 Å². The van der Waals surface area contributed by atoms with E-state index in [0.29, 0.717) is 0 Å². The fourth-order valence-electron chi connectivity index (χ4n) is 3.28. The average molecular weight is 416 g/mol. The number of carbonyl (C=O) groups excluding carboxylic acids is 1. The van der Waals surface area contributed by atoms with Crippen LogP contribution in [-0.4, -0.2) is 55.2 Å². The number of carbonyl (C=O) groups is 1. The second kappa shape index (κ2) is 22.9. The smallest absolute Gasteiger partial charge is 0.314 e. The van der Waals surface area contributed by atoms with E-state index in [2.05, 4.69) is 36.3 Å². The average Bonchev–Trinajstić information content (AvgIpc) is 2.71. The largest absolute Gasteiger partial charge is 0.338 e. The van der Waals surface area contributed by atoms with E-state index in [9.17, 15) is 4.79 Å². The van der Waals surface area contributed by atoms with E-state index >= 15 is 0 Å². The lowest BCUT2D eigenvalue weighted by molar-refractivity contribution is 0.239. The van der Waals surface area contributed by atoms with Gasteiger partial charge in [-0.25, -0.2) is 4.79 Å². The van der Waals surface area contributed by atoms with E-state index in [4.69, 9.17) is 0 Å². The summed E-state index contributed by atoms with van der Waals surface area (Å²) in [5.74, 6) is 2.42. The SMILES string of the molecule is CCCCCCCCCCCCSCCCNC(=O)NCCCN(CC)CC. The number of nitrogens with zero attached hydrogens (tertiary/aromatic N) is 1. The van der Waals surface area contributed by atoms with Crippen molar-refractivity contribution in [2.45, 2.75) is 97.8 Å². The highest BCUT2D eigenvalue weighted by Gasteiger charge is 2.01. The van der Waals surface area contributed by atoms with Crippen LogP contribution in [0.4, 0.5) is 4.79 Å². The van der Waals surface area contributed by atoms with Gasteiger partial charge >= 0.3 is 6.03 Å². The van der Waals surface area contributed by atoms with Crippen molar-refractivity contribution < 1.29 is 4.79 Å². The maximum absolute atomic E-state index is 11.7. The monoisotopic (exact) mass is 415 g/mol. The Morgan fingerprint density at radius 2 is 1.18 bits per heavy atom. The molecule has 0 heterocycles. The molecule has 0 saturated carbocycles. The van der Waals surface area contributed by atoms with Gasteiger partial charge in [-0.2, -0.15) is 11.8 Å². The van der Waals surface area contributed by atoms with E-state index in [1.807, 2.05) is 11.8 Å². The number of amides is 2. The lowest BCUT2D eigenvalue weighted by atomic mass is 10.1. The predicted octanol–water partition coefficient (Wildman–Crippen LogP) is 6.06. The van der Waals surface area contributed by atoms with E-state index in [1.54, 1.807) is 0 Å². The van der Waals surface area contributed by atoms with E-state index < -0.39 is 0 Å². The Labute approximate surface area is 180 Å². The minimum atomic E-state index is -0.0146. The van der Waals surface area contributed by atoms with Crippen LogP contribution in [0.1, 0.15) is 97.8 Å². The van der Waals surface area contributed by atoms with Gasteiger partial charge in [0.25, 0.3) is 0 Å². The van der Waals surface area contributed by atoms with Crippen molar-refractivity contribution in [3.8, 4) is 0 Å². The summed E-state index contributed by atoms with van der Waals surface area (Å²) in [7, 11) is 0. The zero-order valence-corrected chi connectivity index (χ0v) is 20.0. The van der Waals surface area contributed by atoms with Crippen molar-refractivity contribution >= 4 is 17.8 Å². The Bertz CT molecular complexity index is 325. The van der Waals surface area contributed by atoms with Crippen molar-refractivity contribution in [3.05, 3.63) is 0 Å². The maximum atomic E-state index is 11.7. The molecular formula is C23H49N3OS. The number of thioether (sulfide) groups is 1. The van der Waals surface area contributed by atoms with Gasteiger partial charge in [0.15, 0.2) is 0 Å². The van der Waals surface area contributed by atoms with E-state index in [-0.39, 0.29) is 6.03 Å². The van der Waals surface area contributed by atoms with E-state index in [1.165, 1.54) is 70.0 Å². The van der Waals surface area contributed by atoms with Crippen LogP contribution < -0.4 is 10.6 Å². The third-order valence-electron chi connectivity index (χ3n) is 5.22. The van der Waals surface area contributed by atoms with E-state index in [0.717, 1.165) is 51.3 Å². The molecule has 0 aromatic rings. The molecule has 5 heteroatoms. The molecule has 0 bridgehead atoms. The summed E-state index contributed by atoms with van der Waals surface area (Å²) in [6.45, 7) is 11.4. The molecule has 0 aliphatic carbocycles. The van der Waals surface area contributed by atoms with Crippen LogP contribution in [0, 0.1) is 0 Å². The zero-order chi connectivity index (χ0) is 20.7. The van der Waals surface area contributed by atoms with Gasteiger partial charge in [0.1, 0.15) is 0 Å². The summed E-state index contributed by atoms with van der Waals surface area (Å²) in [5.41, 5.74) is 0. The first kappa shape index (κ1) is 27.6. The van der Waals surface area contributed by atoms with Gasteiger partial charge in [-0.1, -0.05) is 78.6 Å². The molecule has 2 amide bonds. The standard InChI is InChI=1S/C23H49N3OS/c1-4-7-8-9-10-11-12-13-14-15-21-28-22-17-19-25-23(27)24-18-16-20-26(5-2)6-3/h4-22H2,1-3H3,(H2,24,25,27). The molecule has 0 aliphatic rings. The van der Waals surface area contributed by atoms with Crippen LogP contribution in [0.3, 0.4) is 0 Å². The molecule has 0 aromatic carbocycles. The summed E-state index contributed by atoms with van der Waals surface area (Å²) in [4.78, 5) is 14.1. The Morgan fingerprint density at radius 1 is 0.679 bits per heavy atom. The molecule has 0 atom stereocenters. The molecular weight excluding hydrogens is 366 g/mol. The summed E-state index contributed by atoms with van der Waals surface area (Å²) in [6.07, 6.45) is 16.1. The van der Waals surface area contributed by atoms with Crippen LogP contribution in [-0.2, 0) is 0 Å². The normalized spacial score (nSPS) is 11.1. The molecule has 0 radical (unpaired) electrons. The fraction of sp³-hybridized carbons (Fsp3) is 0.957. The van der Waals surface area contributed by atoms with Gasteiger partial charge in [-0.05, 0) is 50.4 Å². The van der Waals surface area contributed by atoms with Gasteiger partial charge in [-0.3, -0.25) is 0 Å². The highest BCUT2D eigenvalue weighted by Crippen LogP contribution is 2.12. The van der Waals surface area contributed by atoms with Gasteiger partial charge in [0.2, 0.25) is 0 Å². The number of unbranched alkanes of at least 4 members (excludes halogenated alkanes) is 9. The van der Waals surface area contributed by atoms with Gasteiger partial charge in [0, 0.05) is 13.1 Å². The third-order valence-corrected chi connectivity index (χ3v) is 6.38. The molecule has 4 nitrogen and oxygen atoms in total. The summed E-state index contributed by atoms with van der Waals surface area (Å²) >= 11 is 2.03.